The van der Waals surface area contributed by atoms with Crippen molar-refractivity contribution >= 4 is 5.97 Å². The zero-order chi connectivity index (χ0) is 14.2. The third-order valence-corrected chi connectivity index (χ3v) is 3.63. The molecule has 2 N–H and O–H groups in total. The molecular weight excluding hydrogens is 254 g/mol. The zero-order valence-electron chi connectivity index (χ0n) is 11.8. The Morgan fingerprint density at radius 3 is 2.80 bits per heavy atom. The van der Waals surface area contributed by atoms with E-state index in [-0.39, 0.29) is 6.42 Å². The molecule has 0 unspecified atom stereocenters. The first-order valence-electron chi connectivity index (χ1n) is 7.43. The number of aliphatic carboxylic acids is 1. The number of hydrogen-bond acceptors (Lipinski definition) is 3. The molecule has 0 aromatic heterocycles. The minimum absolute atomic E-state index is 0.215. The normalized spacial score (nSPS) is 15.4. The van der Waals surface area contributed by atoms with Crippen LogP contribution in [0, 0.1) is 0 Å². The Morgan fingerprint density at radius 2 is 2.05 bits per heavy atom. The Kier molecular flexibility index (Phi) is 5.87. The summed E-state index contributed by atoms with van der Waals surface area (Å²) in [5.41, 5.74) is 1.15. The maximum absolute atomic E-state index is 10.4. The van der Waals surface area contributed by atoms with Crippen LogP contribution in [0.3, 0.4) is 0 Å². The van der Waals surface area contributed by atoms with Gasteiger partial charge in [-0.25, -0.2) is 0 Å². The van der Waals surface area contributed by atoms with Crippen molar-refractivity contribution in [3.8, 4) is 5.75 Å². The van der Waals surface area contributed by atoms with E-state index in [1.807, 2.05) is 18.2 Å². The number of benzene rings is 1. The topological polar surface area (TPSA) is 58.6 Å². The summed E-state index contributed by atoms with van der Waals surface area (Å²) in [4.78, 5) is 10.4. The zero-order valence-corrected chi connectivity index (χ0v) is 11.8. The van der Waals surface area contributed by atoms with E-state index in [2.05, 4.69) is 11.4 Å². The number of carbonyl (C=O) groups is 1. The first kappa shape index (κ1) is 14.9. The van der Waals surface area contributed by atoms with E-state index in [4.69, 9.17) is 9.84 Å². The van der Waals surface area contributed by atoms with E-state index in [0.717, 1.165) is 30.7 Å². The van der Waals surface area contributed by atoms with Gasteiger partial charge < -0.3 is 15.2 Å². The molecule has 0 radical (unpaired) electrons. The smallest absolute Gasteiger partial charge is 0.303 e. The van der Waals surface area contributed by atoms with Crippen LogP contribution in [0.1, 0.15) is 44.1 Å². The largest absolute Gasteiger partial charge is 0.490 e. The predicted molar refractivity (Wildman–Crippen MR) is 77.9 cm³/mol. The van der Waals surface area contributed by atoms with Crippen molar-refractivity contribution in [1.29, 1.82) is 0 Å². The van der Waals surface area contributed by atoms with Crippen LogP contribution in [-0.2, 0) is 11.3 Å². The SMILES string of the molecule is O=C(O)CCCNCc1ccccc1OC1CCCC1. The molecule has 0 spiro atoms. The lowest BCUT2D eigenvalue weighted by Crippen LogP contribution is -2.18. The van der Waals surface area contributed by atoms with Gasteiger partial charge in [-0.2, -0.15) is 0 Å². The first-order valence-corrected chi connectivity index (χ1v) is 7.43. The summed E-state index contributed by atoms with van der Waals surface area (Å²) in [6.45, 7) is 1.44. The fraction of sp³-hybridized carbons (Fsp3) is 0.562. The Bertz CT molecular complexity index is 427. The average Bonchev–Trinajstić information content (AvgIpc) is 2.93. The number of carboxylic acids is 1. The number of carboxylic acid groups (broad SMARTS) is 1. The van der Waals surface area contributed by atoms with Crippen LogP contribution in [0.5, 0.6) is 5.75 Å². The standard InChI is InChI=1S/C16H23NO3/c18-16(19)10-5-11-17-12-13-6-1-4-9-15(13)20-14-7-2-3-8-14/h1,4,6,9,14,17H,2-3,5,7-8,10-12H2,(H,18,19). The van der Waals surface area contributed by atoms with Crippen molar-refractivity contribution in [2.75, 3.05) is 6.54 Å². The second-order valence-corrected chi connectivity index (χ2v) is 5.31. The summed E-state index contributed by atoms with van der Waals surface area (Å²) in [6.07, 6.45) is 6.07. The maximum Gasteiger partial charge on any atom is 0.303 e. The van der Waals surface area contributed by atoms with Crippen molar-refractivity contribution in [1.82, 2.24) is 5.32 Å². The summed E-state index contributed by atoms with van der Waals surface area (Å²) in [6, 6.07) is 8.09. The van der Waals surface area contributed by atoms with Crippen LogP contribution in [0.4, 0.5) is 0 Å². The van der Waals surface area contributed by atoms with Crippen LogP contribution in [0.15, 0.2) is 24.3 Å². The Morgan fingerprint density at radius 1 is 1.30 bits per heavy atom. The molecule has 4 nitrogen and oxygen atoms in total. The molecule has 4 heteroatoms. The molecule has 0 atom stereocenters. The molecule has 1 aliphatic rings. The third-order valence-electron chi connectivity index (χ3n) is 3.63. The van der Waals surface area contributed by atoms with E-state index >= 15 is 0 Å². The lowest BCUT2D eigenvalue weighted by molar-refractivity contribution is -0.137. The molecule has 1 fully saturated rings. The van der Waals surface area contributed by atoms with Gasteiger partial charge in [0, 0.05) is 18.5 Å². The Balaban J connectivity index is 1.79. The summed E-state index contributed by atoms with van der Waals surface area (Å²) < 4.78 is 6.07. The molecule has 0 bridgehead atoms. The van der Waals surface area contributed by atoms with Crippen LogP contribution in [0.2, 0.25) is 0 Å². The van der Waals surface area contributed by atoms with E-state index in [1.54, 1.807) is 0 Å². The van der Waals surface area contributed by atoms with Crippen molar-refractivity contribution in [3.05, 3.63) is 29.8 Å². The van der Waals surface area contributed by atoms with Crippen molar-refractivity contribution in [3.63, 3.8) is 0 Å². The van der Waals surface area contributed by atoms with Gasteiger partial charge in [0.2, 0.25) is 0 Å². The molecular formula is C16H23NO3. The van der Waals surface area contributed by atoms with E-state index < -0.39 is 5.97 Å². The molecule has 0 saturated heterocycles. The highest BCUT2D eigenvalue weighted by atomic mass is 16.5. The van der Waals surface area contributed by atoms with Gasteiger partial charge in [0.15, 0.2) is 0 Å². The van der Waals surface area contributed by atoms with Gasteiger partial charge >= 0.3 is 5.97 Å². The first-order chi connectivity index (χ1) is 9.75. The molecule has 1 aromatic carbocycles. The van der Waals surface area contributed by atoms with Crippen molar-refractivity contribution < 1.29 is 14.6 Å². The Labute approximate surface area is 120 Å². The van der Waals surface area contributed by atoms with Crippen molar-refractivity contribution in [2.24, 2.45) is 0 Å². The van der Waals surface area contributed by atoms with E-state index in [9.17, 15) is 4.79 Å². The minimum Gasteiger partial charge on any atom is -0.490 e. The van der Waals surface area contributed by atoms with Gasteiger partial charge in [-0.15, -0.1) is 0 Å². The van der Waals surface area contributed by atoms with Crippen LogP contribution in [0.25, 0.3) is 0 Å². The van der Waals surface area contributed by atoms with E-state index in [1.165, 1.54) is 12.8 Å². The molecule has 20 heavy (non-hydrogen) atoms. The fourth-order valence-corrected chi connectivity index (χ4v) is 2.54. The maximum atomic E-state index is 10.4. The predicted octanol–water partition coefficient (Wildman–Crippen LogP) is 2.96. The number of hydrogen-bond donors (Lipinski definition) is 2. The lowest BCUT2D eigenvalue weighted by atomic mass is 10.2. The average molecular weight is 277 g/mol. The van der Waals surface area contributed by atoms with Crippen molar-refractivity contribution in [2.45, 2.75) is 51.2 Å². The highest BCUT2D eigenvalue weighted by molar-refractivity contribution is 5.66. The van der Waals surface area contributed by atoms with Crippen LogP contribution in [-0.4, -0.2) is 23.7 Å². The van der Waals surface area contributed by atoms with Crippen LogP contribution >= 0.6 is 0 Å². The molecule has 0 heterocycles. The molecule has 1 aromatic rings. The summed E-state index contributed by atoms with van der Waals surface area (Å²) >= 11 is 0. The van der Waals surface area contributed by atoms with Gasteiger partial charge in [-0.1, -0.05) is 18.2 Å². The second kappa shape index (κ2) is 7.90. The third kappa shape index (κ3) is 4.85. The van der Waals surface area contributed by atoms with E-state index in [0.29, 0.717) is 19.1 Å². The summed E-state index contributed by atoms with van der Waals surface area (Å²) in [7, 11) is 0. The highest BCUT2D eigenvalue weighted by Gasteiger charge is 2.17. The summed E-state index contributed by atoms with van der Waals surface area (Å²) in [5.74, 6) is 0.224. The lowest BCUT2D eigenvalue weighted by Gasteiger charge is -2.16. The molecule has 0 amide bonds. The number of nitrogens with one attached hydrogen (secondary N) is 1. The number of para-hydroxylation sites is 1. The van der Waals surface area contributed by atoms with Gasteiger partial charge in [0.25, 0.3) is 0 Å². The van der Waals surface area contributed by atoms with Gasteiger partial charge in [0.05, 0.1) is 6.10 Å². The Hall–Kier alpha value is -1.55. The highest BCUT2D eigenvalue weighted by Crippen LogP contribution is 2.26. The minimum atomic E-state index is -0.739. The molecule has 1 aliphatic carbocycles. The van der Waals surface area contributed by atoms with Gasteiger partial charge in [-0.05, 0) is 44.7 Å². The quantitative estimate of drug-likeness (QED) is 0.717. The van der Waals surface area contributed by atoms with Gasteiger partial charge in [-0.3, -0.25) is 4.79 Å². The van der Waals surface area contributed by atoms with Crippen LogP contribution < -0.4 is 10.1 Å². The molecule has 0 aliphatic heterocycles. The molecule has 1 saturated carbocycles. The fourth-order valence-electron chi connectivity index (χ4n) is 2.54. The molecule has 110 valence electrons. The monoisotopic (exact) mass is 277 g/mol. The number of rotatable bonds is 8. The summed E-state index contributed by atoms with van der Waals surface area (Å²) in [5, 5.41) is 11.9. The number of ether oxygens (including phenoxy) is 1. The van der Waals surface area contributed by atoms with Gasteiger partial charge in [0.1, 0.15) is 5.75 Å². The molecule has 2 rings (SSSR count). The second-order valence-electron chi connectivity index (χ2n) is 5.31.